The van der Waals surface area contributed by atoms with E-state index in [0.29, 0.717) is 13.1 Å². The van der Waals surface area contributed by atoms with Gasteiger partial charge in [-0.3, -0.25) is 9.59 Å². The van der Waals surface area contributed by atoms with Crippen molar-refractivity contribution in [1.82, 2.24) is 10.6 Å². The molecule has 0 aliphatic heterocycles. The van der Waals surface area contributed by atoms with Gasteiger partial charge in [-0.25, -0.2) is 0 Å². The Hall–Kier alpha value is -1.14. The van der Waals surface area contributed by atoms with Crippen molar-refractivity contribution in [2.75, 3.05) is 26.3 Å². The molecule has 106 valence electrons. The third-order valence-electron chi connectivity index (χ3n) is 2.54. The number of aliphatic hydroxyl groups is 2. The Morgan fingerprint density at radius 3 is 1.33 bits per heavy atom. The number of rotatable bonds is 11. The van der Waals surface area contributed by atoms with E-state index in [4.69, 9.17) is 10.2 Å². The van der Waals surface area contributed by atoms with Crippen molar-refractivity contribution in [3.05, 3.63) is 0 Å². The van der Waals surface area contributed by atoms with Crippen LogP contribution in [0.5, 0.6) is 0 Å². The highest BCUT2D eigenvalue weighted by Gasteiger charge is 1.97. The van der Waals surface area contributed by atoms with Gasteiger partial charge in [0, 0.05) is 13.1 Å². The number of carbonyl (C=O) groups excluding carboxylic acids is 2. The maximum absolute atomic E-state index is 10.7. The normalized spacial score (nSPS) is 10.1. The zero-order chi connectivity index (χ0) is 13.6. The van der Waals surface area contributed by atoms with Gasteiger partial charge < -0.3 is 20.8 Å². The molecule has 0 heterocycles. The fraction of sp³-hybridized carbons (Fsp3) is 0.833. The second-order valence-corrected chi connectivity index (χ2v) is 4.14. The average Bonchev–Trinajstić information content (AvgIpc) is 2.40. The molecule has 0 bridgehead atoms. The maximum Gasteiger partial charge on any atom is 0.245 e. The van der Waals surface area contributed by atoms with Gasteiger partial charge in [0.1, 0.15) is 13.2 Å². The molecular formula is C12H24N2O4. The van der Waals surface area contributed by atoms with E-state index in [9.17, 15) is 9.59 Å². The van der Waals surface area contributed by atoms with E-state index in [-0.39, 0.29) is 11.8 Å². The lowest BCUT2D eigenvalue weighted by Crippen LogP contribution is -2.27. The molecule has 0 aromatic rings. The number of hydrogen-bond acceptors (Lipinski definition) is 4. The predicted octanol–water partition coefficient (Wildman–Crippen LogP) is -0.456. The summed E-state index contributed by atoms with van der Waals surface area (Å²) in [6.07, 6.45) is 6.15. The Bertz CT molecular complexity index is 210. The molecule has 0 aliphatic rings. The first-order chi connectivity index (χ1) is 8.70. The van der Waals surface area contributed by atoms with Crippen molar-refractivity contribution in [3.63, 3.8) is 0 Å². The number of nitrogens with one attached hydrogen (secondary N) is 2. The van der Waals surface area contributed by atoms with Gasteiger partial charge in [0.15, 0.2) is 0 Å². The molecule has 0 rings (SSSR count). The molecule has 4 N–H and O–H groups in total. The van der Waals surface area contributed by atoms with Crippen LogP contribution in [0.15, 0.2) is 0 Å². The fourth-order valence-corrected chi connectivity index (χ4v) is 1.52. The molecule has 0 atom stereocenters. The minimum atomic E-state index is -0.445. The summed E-state index contributed by atoms with van der Waals surface area (Å²) in [6, 6.07) is 0. The van der Waals surface area contributed by atoms with Crippen molar-refractivity contribution in [2.24, 2.45) is 0 Å². The number of carbonyl (C=O) groups is 2. The van der Waals surface area contributed by atoms with E-state index >= 15 is 0 Å². The molecule has 0 aromatic heterocycles. The van der Waals surface area contributed by atoms with Gasteiger partial charge in [0.25, 0.3) is 0 Å². The van der Waals surface area contributed by atoms with Crippen molar-refractivity contribution >= 4 is 11.8 Å². The summed E-state index contributed by atoms with van der Waals surface area (Å²) in [4.78, 5) is 21.4. The Kier molecular flexibility index (Phi) is 11.5. The minimum absolute atomic E-state index is 0.324. The highest BCUT2D eigenvalue weighted by Crippen LogP contribution is 2.04. The molecule has 6 heteroatoms. The second-order valence-electron chi connectivity index (χ2n) is 4.14. The summed E-state index contributed by atoms with van der Waals surface area (Å²) < 4.78 is 0. The van der Waals surface area contributed by atoms with Gasteiger partial charge in [0.05, 0.1) is 0 Å². The molecule has 18 heavy (non-hydrogen) atoms. The molecule has 0 aliphatic carbocycles. The van der Waals surface area contributed by atoms with Crippen LogP contribution in [0.4, 0.5) is 0 Å². The monoisotopic (exact) mass is 260 g/mol. The first-order valence-electron chi connectivity index (χ1n) is 6.45. The average molecular weight is 260 g/mol. The van der Waals surface area contributed by atoms with Crippen LogP contribution in [0.1, 0.15) is 38.5 Å². The van der Waals surface area contributed by atoms with E-state index < -0.39 is 13.2 Å². The standard InChI is InChI=1S/C12H24N2O4/c15-9-11(17)13-7-5-3-1-2-4-6-8-14-12(18)10-16/h15-16H,1-10H2,(H,13,17)(H,14,18). The molecule has 2 amide bonds. The molecule has 0 fully saturated rings. The third kappa shape index (κ3) is 11.3. The number of aliphatic hydroxyl groups excluding tert-OH is 2. The maximum atomic E-state index is 10.7. The van der Waals surface area contributed by atoms with E-state index in [1.165, 1.54) is 0 Å². The SMILES string of the molecule is O=C(CO)NCCCCCCCCNC(=O)CO. The summed E-state index contributed by atoms with van der Waals surface area (Å²) in [5, 5.41) is 22.1. The predicted molar refractivity (Wildman–Crippen MR) is 67.9 cm³/mol. The van der Waals surface area contributed by atoms with E-state index in [0.717, 1.165) is 38.5 Å². The van der Waals surface area contributed by atoms with Crippen molar-refractivity contribution in [3.8, 4) is 0 Å². The molecule has 6 nitrogen and oxygen atoms in total. The molecule has 0 saturated carbocycles. The Labute approximate surface area is 108 Å². The lowest BCUT2D eigenvalue weighted by Gasteiger charge is -2.04. The number of unbranched alkanes of at least 4 members (excludes halogenated alkanes) is 5. The van der Waals surface area contributed by atoms with E-state index in [1.54, 1.807) is 0 Å². The van der Waals surface area contributed by atoms with Crippen LogP contribution in [0.25, 0.3) is 0 Å². The van der Waals surface area contributed by atoms with Crippen LogP contribution < -0.4 is 10.6 Å². The van der Waals surface area contributed by atoms with Crippen molar-refractivity contribution in [1.29, 1.82) is 0 Å². The summed E-state index contributed by atoms with van der Waals surface area (Å²) >= 11 is 0. The third-order valence-corrected chi connectivity index (χ3v) is 2.54. The lowest BCUT2D eigenvalue weighted by atomic mass is 10.1. The summed E-state index contributed by atoms with van der Waals surface area (Å²) in [5.74, 6) is -0.649. The quantitative estimate of drug-likeness (QED) is 0.378. The lowest BCUT2D eigenvalue weighted by molar-refractivity contribution is -0.124. The van der Waals surface area contributed by atoms with Crippen molar-refractivity contribution < 1.29 is 19.8 Å². The number of amides is 2. The molecule has 0 saturated heterocycles. The zero-order valence-electron chi connectivity index (χ0n) is 10.8. The highest BCUT2D eigenvalue weighted by molar-refractivity contribution is 5.77. The minimum Gasteiger partial charge on any atom is -0.387 e. The summed E-state index contributed by atoms with van der Waals surface area (Å²) in [5.41, 5.74) is 0. The van der Waals surface area contributed by atoms with E-state index in [2.05, 4.69) is 10.6 Å². The van der Waals surface area contributed by atoms with Crippen LogP contribution in [0.2, 0.25) is 0 Å². The van der Waals surface area contributed by atoms with E-state index in [1.807, 2.05) is 0 Å². The largest absolute Gasteiger partial charge is 0.387 e. The zero-order valence-corrected chi connectivity index (χ0v) is 10.8. The molecule has 0 radical (unpaired) electrons. The molecule has 0 spiro atoms. The molecule has 0 unspecified atom stereocenters. The first-order valence-corrected chi connectivity index (χ1v) is 6.45. The first kappa shape index (κ1) is 16.9. The Balaban J connectivity index is 3.07. The second kappa shape index (κ2) is 12.3. The van der Waals surface area contributed by atoms with Crippen LogP contribution in [-0.2, 0) is 9.59 Å². The highest BCUT2D eigenvalue weighted by atomic mass is 16.3. The van der Waals surface area contributed by atoms with Gasteiger partial charge >= 0.3 is 0 Å². The van der Waals surface area contributed by atoms with Crippen LogP contribution >= 0.6 is 0 Å². The molecular weight excluding hydrogens is 236 g/mol. The Morgan fingerprint density at radius 2 is 1.00 bits per heavy atom. The van der Waals surface area contributed by atoms with Crippen molar-refractivity contribution in [2.45, 2.75) is 38.5 Å². The van der Waals surface area contributed by atoms with Gasteiger partial charge in [-0.1, -0.05) is 25.7 Å². The summed E-state index contributed by atoms with van der Waals surface area (Å²) in [7, 11) is 0. The topological polar surface area (TPSA) is 98.7 Å². The smallest absolute Gasteiger partial charge is 0.245 e. The fourth-order valence-electron chi connectivity index (χ4n) is 1.52. The van der Waals surface area contributed by atoms with Gasteiger partial charge in [-0.15, -0.1) is 0 Å². The molecule has 0 aromatic carbocycles. The Morgan fingerprint density at radius 1 is 0.667 bits per heavy atom. The summed E-state index contributed by atoms with van der Waals surface area (Å²) in [6.45, 7) is 0.344. The van der Waals surface area contributed by atoms with Gasteiger partial charge in [-0.2, -0.15) is 0 Å². The van der Waals surface area contributed by atoms with Gasteiger partial charge in [-0.05, 0) is 12.8 Å². The van der Waals surface area contributed by atoms with Gasteiger partial charge in [0.2, 0.25) is 11.8 Å². The van der Waals surface area contributed by atoms with Crippen LogP contribution in [-0.4, -0.2) is 48.3 Å². The van der Waals surface area contributed by atoms with Crippen LogP contribution in [0.3, 0.4) is 0 Å². The van der Waals surface area contributed by atoms with Crippen LogP contribution in [0, 0.1) is 0 Å². The number of hydrogen-bond donors (Lipinski definition) is 4.